The molecule has 0 radical (unpaired) electrons. The van der Waals surface area contributed by atoms with E-state index in [4.69, 9.17) is 4.74 Å². The molecule has 56 valence electrons. The van der Waals surface area contributed by atoms with E-state index in [2.05, 4.69) is 9.93 Å². The van der Waals surface area contributed by atoms with Crippen LogP contribution in [0.2, 0.25) is 0 Å². The van der Waals surface area contributed by atoms with Gasteiger partial charge >= 0.3 is 5.97 Å². The maximum Gasteiger partial charge on any atom is 0.326 e. The Kier molecular flexibility index (Phi) is 2.56. The van der Waals surface area contributed by atoms with E-state index in [1.54, 1.807) is 6.92 Å². The van der Waals surface area contributed by atoms with Crippen LogP contribution in [-0.2, 0) is 9.53 Å². The van der Waals surface area contributed by atoms with Crippen molar-refractivity contribution in [2.75, 3.05) is 6.61 Å². The van der Waals surface area contributed by atoms with Crippen molar-refractivity contribution in [3.05, 3.63) is 0 Å². The van der Waals surface area contributed by atoms with Crippen LogP contribution in [0, 0.1) is 0 Å². The Morgan fingerprint density at radius 2 is 2.80 bits per heavy atom. The van der Waals surface area contributed by atoms with Crippen LogP contribution in [0.4, 0.5) is 0 Å². The number of esters is 1. The van der Waals surface area contributed by atoms with Crippen molar-refractivity contribution in [1.82, 2.24) is 4.83 Å². The average molecular weight is 160 g/mol. The van der Waals surface area contributed by atoms with Gasteiger partial charge in [-0.2, -0.15) is 5.10 Å². The maximum absolute atomic E-state index is 10.9. The first-order valence-electron chi connectivity index (χ1n) is 2.95. The van der Waals surface area contributed by atoms with Gasteiger partial charge in [-0.1, -0.05) is 0 Å². The summed E-state index contributed by atoms with van der Waals surface area (Å²) in [6.07, 6.45) is 1.53. The lowest BCUT2D eigenvalue weighted by Crippen LogP contribution is -2.19. The molecule has 1 aliphatic heterocycles. The van der Waals surface area contributed by atoms with Gasteiger partial charge in [-0.25, -0.2) is 0 Å². The van der Waals surface area contributed by atoms with Crippen molar-refractivity contribution in [3.8, 4) is 0 Å². The van der Waals surface area contributed by atoms with Crippen LogP contribution in [-0.4, -0.2) is 24.0 Å². The molecule has 0 aromatic carbocycles. The Balaban J connectivity index is 2.33. The summed E-state index contributed by atoms with van der Waals surface area (Å²) >= 11 is 1.24. The fourth-order valence-corrected chi connectivity index (χ4v) is 1.07. The Morgan fingerprint density at radius 1 is 2.00 bits per heavy atom. The van der Waals surface area contributed by atoms with Gasteiger partial charge in [0, 0.05) is 0 Å². The van der Waals surface area contributed by atoms with E-state index in [0.29, 0.717) is 6.61 Å². The summed E-state index contributed by atoms with van der Waals surface area (Å²) in [6.45, 7) is 2.20. The quantitative estimate of drug-likeness (QED) is 0.461. The lowest BCUT2D eigenvalue weighted by atomic mass is 10.5. The molecular formula is C5H8N2O2S. The van der Waals surface area contributed by atoms with Crippen molar-refractivity contribution >= 4 is 24.1 Å². The Morgan fingerprint density at radius 3 is 3.30 bits per heavy atom. The summed E-state index contributed by atoms with van der Waals surface area (Å²) in [6, 6.07) is 0. The lowest BCUT2D eigenvalue weighted by molar-refractivity contribution is -0.140. The van der Waals surface area contributed by atoms with Crippen molar-refractivity contribution in [2.24, 2.45) is 5.10 Å². The van der Waals surface area contributed by atoms with E-state index in [1.165, 1.54) is 18.2 Å². The number of hydrazone groups is 1. The molecule has 0 spiro atoms. The van der Waals surface area contributed by atoms with Crippen LogP contribution in [0.1, 0.15) is 6.92 Å². The maximum atomic E-state index is 10.9. The molecule has 0 saturated carbocycles. The van der Waals surface area contributed by atoms with Crippen LogP contribution in [0.15, 0.2) is 5.10 Å². The third-order valence-corrected chi connectivity index (χ3v) is 1.74. The first-order valence-corrected chi connectivity index (χ1v) is 3.83. The molecule has 0 fully saturated rings. The number of hydrogen-bond donors (Lipinski definition) is 1. The third-order valence-electron chi connectivity index (χ3n) is 0.961. The van der Waals surface area contributed by atoms with Gasteiger partial charge in [-0.3, -0.25) is 9.63 Å². The van der Waals surface area contributed by atoms with E-state index in [-0.39, 0.29) is 11.2 Å². The molecule has 5 heteroatoms. The number of rotatable bonds is 2. The second-order valence-electron chi connectivity index (χ2n) is 1.66. The number of nitrogens with zero attached hydrogens (tertiary/aromatic N) is 1. The zero-order valence-electron chi connectivity index (χ0n) is 5.53. The highest BCUT2D eigenvalue weighted by molar-refractivity contribution is 7.99. The highest BCUT2D eigenvalue weighted by atomic mass is 32.2. The van der Waals surface area contributed by atoms with Gasteiger partial charge in [0.25, 0.3) is 0 Å². The predicted octanol–water partition coefficient (Wildman–Crippen LogP) is 0.155. The number of hydrogen-bond acceptors (Lipinski definition) is 5. The summed E-state index contributed by atoms with van der Waals surface area (Å²) < 4.78 is 4.73. The van der Waals surface area contributed by atoms with Crippen LogP contribution >= 0.6 is 11.9 Å². The number of carbonyl (C=O) groups is 1. The molecule has 4 nitrogen and oxygen atoms in total. The Bertz CT molecular complexity index is 160. The van der Waals surface area contributed by atoms with Gasteiger partial charge in [0.05, 0.1) is 12.8 Å². The molecule has 10 heavy (non-hydrogen) atoms. The molecular weight excluding hydrogens is 152 g/mol. The van der Waals surface area contributed by atoms with Gasteiger partial charge < -0.3 is 4.74 Å². The van der Waals surface area contributed by atoms with Gasteiger partial charge in [0.1, 0.15) is 0 Å². The van der Waals surface area contributed by atoms with Crippen molar-refractivity contribution in [2.45, 2.75) is 12.2 Å². The minimum absolute atomic E-state index is 0.235. The summed E-state index contributed by atoms with van der Waals surface area (Å²) in [5.41, 5.74) is 0. The zero-order chi connectivity index (χ0) is 7.40. The topological polar surface area (TPSA) is 50.7 Å². The fraction of sp³-hybridized carbons (Fsp3) is 0.600. The average Bonchev–Trinajstić information content (AvgIpc) is 2.38. The molecule has 0 saturated heterocycles. The molecule has 1 atom stereocenters. The van der Waals surface area contributed by atoms with Gasteiger partial charge in [-0.05, 0) is 18.9 Å². The number of carbonyl (C=O) groups excluding carboxylic acids is 1. The van der Waals surface area contributed by atoms with E-state index < -0.39 is 0 Å². The van der Waals surface area contributed by atoms with E-state index in [1.807, 2.05) is 0 Å². The van der Waals surface area contributed by atoms with Crippen molar-refractivity contribution in [1.29, 1.82) is 0 Å². The Hall–Kier alpha value is -0.710. The van der Waals surface area contributed by atoms with Gasteiger partial charge in [0.2, 0.25) is 0 Å². The molecule has 0 bridgehead atoms. The molecule has 0 aromatic rings. The monoisotopic (exact) mass is 160 g/mol. The van der Waals surface area contributed by atoms with Crippen LogP contribution in [0.5, 0.6) is 0 Å². The first-order chi connectivity index (χ1) is 4.84. The summed E-state index contributed by atoms with van der Waals surface area (Å²) in [5.74, 6) is -0.235. The van der Waals surface area contributed by atoms with Crippen molar-refractivity contribution < 1.29 is 9.53 Å². The minimum atomic E-state index is -0.264. The molecule has 1 N–H and O–H groups in total. The fourth-order valence-electron chi connectivity index (χ4n) is 0.549. The first kappa shape index (κ1) is 7.40. The molecule has 1 aliphatic rings. The normalized spacial score (nSPS) is 22.3. The van der Waals surface area contributed by atoms with Crippen LogP contribution in [0.3, 0.4) is 0 Å². The van der Waals surface area contributed by atoms with Crippen LogP contribution in [0.25, 0.3) is 0 Å². The highest BCUT2D eigenvalue weighted by Crippen LogP contribution is 2.10. The molecule has 1 heterocycles. The molecule has 1 unspecified atom stereocenters. The minimum Gasteiger partial charge on any atom is -0.465 e. The zero-order valence-corrected chi connectivity index (χ0v) is 6.35. The van der Waals surface area contributed by atoms with Gasteiger partial charge in [-0.15, -0.1) is 0 Å². The number of nitrogens with one attached hydrogen (secondary N) is 1. The summed E-state index contributed by atoms with van der Waals surface area (Å²) in [7, 11) is 0. The van der Waals surface area contributed by atoms with Crippen molar-refractivity contribution in [3.63, 3.8) is 0 Å². The molecule has 0 amide bonds. The predicted molar refractivity (Wildman–Crippen MR) is 39.6 cm³/mol. The lowest BCUT2D eigenvalue weighted by Gasteiger charge is -2.02. The largest absolute Gasteiger partial charge is 0.465 e. The third kappa shape index (κ3) is 1.63. The summed E-state index contributed by atoms with van der Waals surface area (Å²) in [5, 5.41) is 3.39. The van der Waals surface area contributed by atoms with Gasteiger partial charge in [0.15, 0.2) is 5.25 Å². The molecule has 1 rings (SSSR count). The van der Waals surface area contributed by atoms with E-state index in [9.17, 15) is 4.79 Å². The van der Waals surface area contributed by atoms with Crippen LogP contribution < -0.4 is 4.83 Å². The Labute approximate surface area is 63.1 Å². The highest BCUT2D eigenvalue weighted by Gasteiger charge is 2.21. The standard InChI is InChI=1S/C5H8N2O2S/c1-2-9-5(8)4-3-6-7-10-4/h3-4,7H,2H2,1H3. The second-order valence-corrected chi connectivity index (χ2v) is 2.59. The molecule has 0 aliphatic carbocycles. The van der Waals surface area contributed by atoms with E-state index >= 15 is 0 Å². The number of ether oxygens (including phenoxy) is 1. The SMILES string of the molecule is CCOC(=O)C1C=NNS1. The summed E-state index contributed by atoms with van der Waals surface area (Å²) in [4.78, 5) is 13.5. The van der Waals surface area contributed by atoms with E-state index in [0.717, 1.165) is 0 Å². The second kappa shape index (κ2) is 3.46. The smallest absolute Gasteiger partial charge is 0.326 e. The molecule has 0 aromatic heterocycles.